The summed E-state index contributed by atoms with van der Waals surface area (Å²) in [5.41, 5.74) is 1.13. The number of carbonyl (C=O) groups excluding carboxylic acids is 1. The molecule has 1 heterocycles. The molecule has 1 aromatic rings. The van der Waals surface area contributed by atoms with Gasteiger partial charge in [-0.15, -0.1) is 11.6 Å². The Morgan fingerprint density at radius 1 is 0.960 bits per heavy atom. The van der Waals surface area contributed by atoms with Crippen LogP contribution >= 0.6 is 11.6 Å². The average Bonchev–Trinajstić information content (AvgIpc) is 2.60. The molecule has 0 spiro atoms. The molecule has 2 unspecified atom stereocenters. The maximum atomic E-state index is 13.5. The van der Waals surface area contributed by atoms with Crippen LogP contribution in [0.25, 0.3) is 0 Å². The topological polar surface area (TPSA) is 23.6 Å². The third-order valence-corrected chi connectivity index (χ3v) is 7.57. The molecule has 0 aromatic heterocycles. The van der Waals surface area contributed by atoms with Crippen molar-refractivity contribution in [2.75, 3.05) is 31.1 Å². The second-order valence-electron chi connectivity index (χ2n) is 9.01. The average molecular weight is 359 g/mol. The van der Waals surface area contributed by atoms with Crippen LogP contribution in [0.4, 0.5) is 5.69 Å². The zero-order valence-corrected chi connectivity index (χ0v) is 15.5. The number of carbonyl (C=O) groups is 1. The highest BCUT2D eigenvalue weighted by atomic mass is 35.5. The van der Waals surface area contributed by atoms with Gasteiger partial charge in [0.05, 0.1) is 5.41 Å². The van der Waals surface area contributed by atoms with Gasteiger partial charge in [-0.1, -0.05) is 18.2 Å². The first-order valence-electron chi connectivity index (χ1n) is 9.84. The van der Waals surface area contributed by atoms with Gasteiger partial charge in [0.25, 0.3) is 0 Å². The Morgan fingerprint density at radius 2 is 1.60 bits per heavy atom. The molecule has 25 heavy (non-hydrogen) atoms. The first kappa shape index (κ1) is 16.0. The van der Waals surface area contributed by atoms with Crippen molar-refractivity contribution >= 4 is 23.2 Å². The van der Waals surface area contributed by atoms with E-state index in [-0.39, 0.29) is 10.3 Å². The molecular weight excluding hydrogens is 332 g/mol. The van der Waals surface area contributed by atoms with E-state index in [0.717, 1.165) is 58.3 Å². The number of hydrogen-bond donors (Lipinski definition) is 0. The molecule has 134 valence electrons. The lowest BCUT2D eigenvalue weighted by Gasteiger charge is -2.60. The molecule has 0 N–H and O–H groups in total. The van der Waals surface area contributed by atoms with Crippen LogP contribution in [0.1, 0.15) is 38.5 Å². The Hall–Kier alpha value is -1.22. The van der Waals surface area contributed by atoms with E-state index in [4.69, 9.17) is 11.6 Å². The summed E-state index contributed by atoms with van der Waals surface area (Å²) in [5, 5.41) is 0. The molecule has 3 nitrogen and oxygen atoms in total. The molecule has 2 atom stereocenters. The molecule has 5 aliphatic rings. The fourth-order valence-corrected chi connectivity index (χ4v) is 7.24. The van der Waals surface area contributed by atoms with Gasteiger partial charge in [0, 0.05) is 36.7 Å². The second-order valence-corrected chi connectivity index (χ2v) is 9.81. The number of hydrogen-bond acceptors (Lipinski definition) is 2. The highest BCUT2D eigenvalue weighted by Gasteiger charge is 2.60. The molecule has 1 amide bonds. The summed E-state index contributed by atoms with van der Waals surface area (Å²) < 4.78 is 0. The quantitative estimate of drug-likeness (QED) is 0.748. The van der Waals surface area contributed by atoms with Crippen LogP contribution in [-0.4, -0.2) is 41.9 Å². The maximum absolute atomic E-state index is 13.5. The molecule has 4 bridgehead atoms. The summed E-state index contributed by atoms with van der Waals surface area (Å²) in [4.78, 5) is 17.9. The van der Waals surface area contributed by atoms with Crippen molar-refractivity contribution in [2.45, 2.75) is 43.4 Å². The van der Waals surface area contributed by atoms with E-state index in [1.165, 1.54) is 12.1 Å². The van der Waals surface area contributed by atoms with Crippen molar-refractivity contribution in [3.63, 3.8) is 0 Å². The van der Waals surface area contributed by atoms with Crippen molar-refractivity contribution < 1.29 is 4.79 Å². The lowest BCUT2D eigenvalue weighted by atomic mass is 9.49. The summed E-state index contributed by atoms with van der Waals surface area (Å²) in [6, 6.07) is 10.5. The summed E-state index contributed by atoms with van der Waals surface area (Å²) in [5.74, 6) is 1.79. The Kier molecular flexibility index (Phi) is 3.61. The summed E-state index contributed by atoms with van der Waals surface area (Å²) in [6.07, 6.45) is 6.70. The SMILES string of the molecule is O=C(N1CCN(c2ccccc2)CC1)C12CC3CC(CC(Cl)(C3)C1)C2. The van der Waals surface area contributed by atoms with E-state index >= 15 is 0 Å². The predicted octanol–water partition coefficient (Wildman–Crippen LogP) is 3.91. The number of alkyl halides is 1. The van der Waals surface area contributed by atoms with E-state index in [1.807, 2.05) is 0 Å². The highest BCUT2D eigenvalue weighted by molar-refractivity contribution is 6.24. The Balaban J connectivity index is 1.30. The Bertz CT molecular complexity index is 654. The molecule has 4 heteroatoms. The van der Waals surface area contributed by atoms with E-state index < -0.39 is 0 Å². The maximum Gasteiger partial charge on any atom is 0.228 e. The van der Waals surface area contributed by atoms with Gasteiger partial charge in [0.2, 0.25) is 5.91 Å². The molecule has 4 aliphatic carbocycles. The third kappa shape index (κ3) is 2.66. The Morgan fingerprint density at radius 3 is 2.20 bits per heavy atom. The van der Waals surface area contributed by atoms with E-state index in [2.05, 4.69) is 40.1 Å². The second kappa shape index (κ2) is 5.64. The van der Waals surface area contributed by atoms with Gasteiger partial charge in [-0.2, -0.15) is 0 Å². The first-order chi connectivity index (χ1) is 12.1. The monoisotopic (exact) mass is 358 g/mol. The van der Waals surface area contributed by atoms with Crippen molar-refractivity contribution in [2.24, 2.45) is 17.3 Å². The number of para-hydroxylation sites is 1. The van der Waals surface area contributed by atoms with Crippen LogP contribution < -0.4 is 4.90 Å². The molecule has 5 fully saturated rings. The van der Waals surface area contributed by atoms with Crippen LogP contribution in [-0.2, 0) is 4.79 Å². The standard InChI is InChI=1S/C21H27ClN2O/c22-21-13-16-10-17(14-21)12-20(11-16,15-21)19(25)24-8-6-23(7-9-24)18-4-2-1-3-5-18/h1-5,16-17H,6-15H2. The summed E-state index contributed by atoms with van der Waals surface area (Å²) in [6.45, 7) is 3.57. The van der Waals surface area contributed by atoms with Crippen LogP contribution in [0, 0.1) is 17.3 Å². The van der Waals surface area contributed by atoms with E-state index in [1.54, 1.807) is 0 Å². The summed E-state index contributed by atoms with van der Waals surface area (Å²) in [7, 11) is 0. The smallest absolute Gasteiger partial charge is 0.228 e. The molecular formula is C21H27ClN2O. The van der Waals surface area contributed by atoms with Crippen molar-refractivity contribution in [3.8, 4) is 0 Å². The van der Waals surface area contributed by atoms with Gasteiger partial charge >= 0.3 is 0 Å². The number of benzene rings is 1. The highest BCUT2D eigenvalue weighted by Crippen LogP contribution is 2.64. The first-order valence-corrected chi connectivity index (χ1v) is 10.2. The number of halogens is 1. The van der Waals surface area contributed by atoms with Gasteiger partial charge in [-0.3, -0.25) is 4.79 Å². The number of nitrogens with zero attached hydrogens (tertiary/aromatic N) is 2. The van der Waals surface area contributed by atoms with Gasteiger partial charge in [0.1, 0.15) is 0 Å². The van der Waals surface area contributed by atoms with Gasteiger partial charge in [-0.05, 0) is 62.5 Å². The van der Waals surface area contributed by atoms with Gasteiger partial charge in [-0.25, -0.2) is 0 Å². The molecule has 1 saturated heterocycles. The minimum absolute atomic E-state index is 0.0778. The largest absolute Gasteiger partial charge is 0.368 e. The number of piperazine rings is 1. The van der Waals surface area contributed by atoms with E-state index in [0.29, 0.717) is 17.7 Å². The number of anilines is 1. The van der Waals surface area contributed by atoms with E-state index in [9.17, 15) is 4.79 Å². The predicted molar refractivity (Wildman–Crippen MR) is 101 cm³/mol. The normalized spacial score (nSPS) is 39.7. The van der Waals surface area contributed by atoms with Crippen molar-refractivity contribution in [1.29, 1.82) is 0 Å². The molecule has 0 radical (unpaired) electrons. The van der Waals surface area contributed by atoms with Crippen LogP contribution in [0.3, 0.4) is 0 Å². The summed E-state index contributed by atoms with van der Waals surface area (Å²) >= 11 is 6.93. The van der Waals surface area contributed by atoms with Gasteiger partial charge < -0.3 is 9.80 Å². The van der Waals surface area contributed by atoms with Crippen molar-refractivity contribution in [3.05, 3.63) is 30.3 Å². The molecule has 1 aromatic carbocycles. The minimum Gasteiger partial charge on any atom is -0.368 e. The van der Waals surface area contributed by atoms with Gasteiger partial charge in [0.15, 0.2) is 0 Å². The molecule has 1 aliphatic heterocycles. The third-order valence-electron chi connectivity index (χ3n) is 7.13. The van der Waals surface area contributed by atoms with Crippen LogP contribution in [0.2, 0.25) is 0 Å². The number of amides is 1. The minimum atomic E-state index is -0.138. The fourth-order valence-electron chi connectivity index (χ4n) is 6.54. The fraction of sp³-hybridized carbons (Fsp3) is 0.667. The lowest BCUT2D eigenvalue weighted by molar-refractivity contribution is -0.156. The Labute approximate surface area is 155 Å². The zero-order chi connectivity index (χ0) is 17.1. The zero-order valence-electron chi connectivity index (χ0n) is 14.8. The van der Waals surface area contributed by atoms with Crippen LogP contribution in [0.15, 0.2) is 30.3 Å². The van der Waals surface area contributed by atoms with Crippen molar-refractivity contribution in [1.82, 2.24) is 4.90 Å². The molecule has 6 rings (SSSR count). The van der Waals surface area contributed by atoms with Crippen LogP contribution in [0.5, 0.6) is 0 Å². The number of rotatable bonds is 2. The molecule has 4 saturated carbocycles. The lowest BCUT2D eigenvalue weighted by Crippen LogP contribution is -2.61.